The first-order valence-electron chi connectivity index (χ1n) is 9.28. The maximum absolute atomic E-state index is 13.0. The maximum Gasteiger partial charge on any atom is 0.253 e. The van der Waals surface area contributed by atoms with Gasteiger partial charge in [0.25, 0.3) is 5.91 Å². The van der Waals surface area contributed by atoms with Crippen LogP contribution in [-0.2, 0) is 7.05 Å². The van der Waals surface area contributed by atoms with Crippen molar-refractivity contribution in [1.29, 1.82) is 0 Å². The van der Waals surface area contributed by atoms with Crippen LogP contribution in [0.2, 0.25) is 0 Å². The molecule has 2 heterocycles. The second kappa shape index (κ2) is 7.27. The number of amides is 1. The Bertz CT molecular complexity index is 929. The molecule has 0 saturated carbocycles. The molecule has 2 aromatic carbocycles. The molecule has 4 rings (SSSR count). The van der Waals surface area contributed by atoms with E-state index in [0.717, 1.165) is 36.3 Å². The highest BCUT2D eigenvalue weighted by Crippen LogP contribution is 2.27. The van der Waals surface area contributed by atoms with E-state index >= 15 is 0 Å². The van der Waals surface area contributed by atoms with Crippen LogP contribution in [0.25, 0.3) is 11.1 Å². The minimum Gasteiger partial charge on any atom is -0.508 e. The van der Waals surface area contributed by atoms with Gasteiger partial charge < -0.3 is 14.6 Å². The molecule has 1 unspecified atom stereocenters. The third-order valence-electron chi connectivity index (χ3n) is 5.26. The fourth-order valence-corrected chi connectivity index (χ4v) is 3.78. The Kier molecular flexibility index (Phi) is 4.67. The number of benzene rings is 2. The first-order valence-corrected chi connectivity index (χ1v) is 9.28. The maximum atomic E-state index is 13.0. The average molecular weight is 361 g/mol. The third-order valence-corrected chi connectivity index (χ3v) is 5.26. The number of phenolic OH excluding ortho intramolecular Hbond substituents is 1. The van der Waals surface area contributed by atoms with Crippen molar-refractivity contribution in [3.8, 4) is 16.9 Å². The molecule has 1 N–H and O–H groups in total. The van der Waals surface area contributed by atoms with Gasteiger partial charge in [0.2, 0.25) is 0 Å². The normalized spacial score (nSPS) is 17.1. The Balaban J connectivity index is 1.49. The largest absolute Gasteiger partial charge is 0.508 e. The van der Waals surface area contributed by atoms with Gasteiger partial charge in [0.15, 0.2) is 0 Å². The van der Waals surface area contributed by atoms with E-state index in [0.29, 0.717) is 18.0 Å². The van der Waals surface area contributed by atoms with Crippen molar-refractivity contribution in [3.63, 3.8) is 0 Å². The molecule has 0 bridgehead atoms. The fourth-order valence-electron chi connectivity index (χ4n) is 3.78. The summed E-state index contributed by atoms with van der Waals surface area (Å²) in [5.74, 6) is 1.67. The zero-order valence-electron chi connectivity index (χ0n) is 15.4. The van der Waals surface area contributed by atoms with E-state index in [1.54, 1.807) is 12.1 Å². The Hall–Kier alpha value is -3.08. The van der Waals surface area contributed by atoms with Crippen LogP contribution in [0, 0.1) is 0 Å². The molecule has 1 atom stereocenters. The SMILES string of the molecule is Cn1ccnc1C1CCCN(C(=O)c2ccc(-c3ccc(O)cc3)cc2)C1. The number of carbonyl (C=O) groups is 1. The number of rotatable bonds is 3. The minimum atomic E-state index is 0.0752. The first kappa shape index (κ1) is 17.3. The zero-order chi connectivity index (χ0) is 18.8. The van der Waals surface area contributed by atoms with Gasteiger partial charge in [-0.25, -0.2) is 4.98 Å². The molecule has 3 aromatic rings. The van der Waals surface area contributed by atoms with Crippen LogP contribution in [0.15, 0.2) is 60.9 Å². The summed E-state index contributed by atoms with van der Waals surface area (Å²) in [4.78, 5) is 19.4. The van der Waals surface area contributed by atoms with E-state index in [-0.39, 0.29) is 11.7 Å². The van der Waals surface area contributed by atoms with Crippen LogP contribution in [-0.4, -0.2) is 38.6 Å². The lowest BCUT2D eigenvalue weighted by Gasteiger charge is -2.32. The van der Waals surface area contributed by atoms with E-state index in [1.165, 1.54) is 0 Å². The molecule has 5 nitrogen and oxygen atoms in total. The lowest BCUT2D eigenvalue weighted by Crippen LogP contribution is -2.39. The number of likely N-dealkylation sites (tertiary alicyclic amines) is 1. The minimum absolute atomic E-state index is 0.0752. The summed E-state index contributed by atoms with van der Waals surface area (Å²) in [5.41, 5.74) is 2.74. The topological polar surface area (TPSA) is 58.4 Å². The van der Waals surface area contributed by atoms with Gasteiger partial charge >= 0.3 is 0 Å². The number of imidazole rings is 1. The molecule has 27 heavy (non-hydrogen) atoms. The lowest BCUT2D eigenvalue weighted by atomic mass is 9.96. The number of aromatic hydroxyl groups is 1. The zero-order valence-corrected chi connectivity index (χ0v) is 15.4. The first-order chi connectivity index (χ1) is 13.1. The number of phenols is 1. The van der Waals surface area contributed by atoms with Gasteiger partial charge in [-0.15, -0.1) is 0 Å². The predicted molar refractivity (Wildman–Crippen MR) is 105 cm³/mol. The van der Waals surface area contributed by atoms with Crippen LogP contribution >= 0.6 is 0 Å². The Morgan fingerprint density at radius 2 is 1.74 bits per heavy atom. The quantitative estimate of drug-likeness (QED) is 0.772. The van der Waals surface area contributed by atoms with Gasteiger partial charge in [-0.1, -0.05) is 24.3 Å². The summed E-state index contributed by atoms with van der Waals surface area (Å²) in [7, 11) is 2.01. The van der Waals surface area contributed by atoms with Crippen molar-refractivity contribution < 1.29 is 9.90 Å². The number of hydrogen-bond acceptors (Lipinski definition) is 3. The van der Waals surface area contributed by atoms with Crippen LogP contribution < -0.4 is 0 Å². The molecule has 5 heteroatoms. The average Bonchev–Trinajstić information content (AvgIpc) is 3.14. The summed E-state index contributed by atoms with van der Waals surface area (Å²) in [6, 6.07) is 14.8. The number of nitrogens with zero attached hydrogens (tertiary/aromatic N) is 3. The molecule has 1 aromatic heterocycles. The van der Waals surface area contributed by atoms with Gasteiger partial charge in [-0.05, 0) is 48.2 Å². The smallest absolute Gasteiger partial charge is 0.253 e. The molecule has 1 saturated heterocycles. The van der Waals surface area contributed by atoms with Gasteiger partial charge in [0.1, 0.15) is 11.6 Å². The molecule has 138 valence electrons. The molecule has 1 amide bonds. The standard InChI is InChI=1S/C22H23N3O2/c1-24-14-12-23-21(24)19-3-2-13-25(15-19)22(27)18-6-4-16(5-7-18)17-8-10-20(26)11-9-17/h4-12,14,19,26H,2-3,13,15H2,1H3. The van der Waals surface area contributed by atoms with Gasteiger partial charge in [0, 0.05) is 44.0 Å². The number of aromatic nitrogens is 2. The Morgan fingerprint density at radius 3 is 2.37 bits per heavy atom. The fraction of sp³-hybridized carbons (Fsp3) is 0.273. The highest BCUT2D eigenvalue weighted by Gasteiger charge is 2.27. The van der Waals surface area contributed by atoms with Crippen LogP contribution in [0.1, 0.15) is 34.9 Å². The van der Waals surface area contributed by atoms with Crippen molar-refractivity contribution in [2.75, 3.05) is 13.1 Å². The molecular formula is C22H23N3O2. The van der Waals surface area contributed by atoms with Crippen molar-refractivity contribution in [2.45, 2.75) is 18.8 Å². The van der Waals surface area contributed by atoms with Gasteiger partial charge in [-0.3, -0.25) is 4.79 Å². The van der Waals surface area contributed by atoms with Gasteiger partial charge in [0.05, 0.1) is 0 Å². The van der Waals surface area contributed by atoms with Crippen molar-refractivity contribution in [2.24, 2.45) is 7.05 Å². The summed E-state index contributed by atoms with van der Waals surface area (Å²) < 4.78 is 2.05. The summed E-state index contributed by atoms with van der Waals surface area (Å²) in [6.07, 6.45) is 5.83. The lowest BCUT2D eigenvalue weighted by molar-refractivity contribution is 0.0703. The highest BCUT2D eigenvalue weighted by molar-refractivity contribution is 5.94. The van der Waals surface area contributed by atoms with E-state index in [2.05, 4.69) is 4.98 Å². The number of hydrogen-bond donors (Lipinski definition) is 1. The predicted octanol–water partition coefficient (Wildman–Crippen LogP) is 3.81. The van der Waals surface area contributed by atoms with Crippen LogP contribution in [0.3, 0.4) is 0 Å². The van der Waals surface area contributed by atoms with E-state index in [1.807, 2.05) is 65.3 Å². The summed E-state index contributed by atoms with van der Waals surface area (Å²) in [6.45, 7) is 1.50. The molecule has 1 aliphatic rings. The number of aryl methyl sites for hydroxylation is 1. The van der Waals surface area contributed by atoms with E-state index in [9.17, 15) is 9.90 Å². The van der Waals surface area contributed by atoms with Crippen LogP contribution in [0.4, 0.5) is 0 Å². The number of piperidine rings is 1. The molecule has 1 aliphatic heterocycles. The highest BCUT2D eigenvalue weighted by atomic mass is 16.3. The second-order valence-electron chi connectivity index (χ2n) is 7.11. The van der Waals surface area contributed by atoms with E-state index in [4.69, 9.17) is 0 Å². The number of carbonyl (C=O) groups excluding carboxylic acids is 1. The van der Waals surface area contributed by atoms with Crippen molar-refractivity contribution >= 4 is 5.91 Å². The molecule has 0 aliphatic carbocycles. The summed E-state index contributed by atoms with van der Waals surface area (Å²) >= 11 is 0. The van der Waals surface area contributed by atoms with E-state index < -0.39 is 0 Å². The monoisotopic (exact) mass is 361 g/mol. The van der Waals surface area contributed by atoms with Crippen LogP contribution in [0.5, 0.6) is 5.75 Å². The van der Waals surface area contributed by atoms with Gasteiger partial charge in [-0.2, -0.15) is 0 Å². The molecule has 0 radical (unpaired) electrons. The third kappa shape index (κ3) is 3.58. The Labute approximate surface area is 158 Å². The molecule has 1 fully saturated rings. The molecular weight excluding hydrogens is 338 g/mol. The molecule has 0 spiro atoms. The second-order valence-corrected chi connectivity index (χ2v) is 7.11. The van der Waals surface area contributed by atoms with Crippen molar-refractivity contribution in [1.82, 2.24) is 14.5 Å². The van der Waals surface area contributed by atoms with Crippen molar-refractivity contribution in [3.05, 3.63) is 72.3 Å². The Morgan fingerprint density at radius 1 is 1.07 bits per heavy atom. The summed E-state index contributed by atoms with van der Waals surface area (Å²) in [5, 5.41) is 9.42.